The van der Waals surface area contributed by atoms with Crippen molar-refractivity contribution in [2.24, 2.45) is 0 Å². The number of benzene rings is 3. The zero-order valence-electron chi connectivity index (χ0n) is 12.6. The summed E-state index contributed by atoms with van der Waals surface area (Å²) in [5.41, 5.74) is 4.17. The predicted molar refractivity (Wildman–Crippen MR) is 96.9 cm³/mol. The lowest BCUT2D eigenvalue weighted by molar-refractivity contribution is 1.35. The van der Waals surface area contributed by atoms with Gasteiger partial charge in [0.15, 0.2) is 0 Å². The molecule has 4 aromatic rings. The number of fused-ring (bicyclic) bond motifs is 1. The normalized spacial score (nSPS) is 10.6. The molecule has 2 heteroatoms. The zero-order chi connectivity index (χ0) is 15.5. The van der Waals surface area contributed by atoms with Gasteiger partial charge in [0.05, 0.1) is 11.4 Å². The van der Waals surface area contributed by atoms with Crippen LogP contribution < -0.4 is 5.32 Å². The number of aromatic nitrogens is 1. The minimum absolute atomic E-state index is 0.966. The third kappa shape index (κ3) is 2.67. The minimum atomic E-state index is 0.966. The molecule has 1 N–H and O–H groups in total. The second kappa shape index (κ2) is 5.93. The molecule has 0 atom stereocenters. The molecular weight excluding hydrogens is 280 g/mol. The highest BCUT2D eigenvalue weighted by molar-refractivity contribution is 6.01. The van der Waals surface area contributed by atoms with Crippen LogP contribution in [0, 0.1) is 0 Å². The van der Waals surface area contributed by atoms with Crippen LogP contribution in [-0.4, -0.2) is 4.98 Å². The Balaban J connectivity index is 1.94. The summed E-state index contributed by atoms with van der Waals surface area (Å²) in [5, 5.41) is 5.85. The lowest BCUT2D eigenvalue weighted by Crippen LogP contribution is -1.97. The van der Waals surface area contributed by atoms with Crippen LogP contribution in [0.25, 0.3) is 22.0 Å². The van der Waals surface area contributed by atoms with Gasteiger partial charge in [-0.25, -0.2) is 0 Å². The molecule has 23 heavy (non-hydrogen) atoms. The maximum atomic E-state index is 4.71. The van der Waals surface area contributed by atoms with E-state index >= 15 is 0 Å². The highest BCUT2D eigenvalue weighted by Gasteiger charge is 2.11. The summed E-state index contributed by atoms with van der Waals surface area (Å²) < 4.78 is 0. The first kappa shape index (κ1) is 13.5. The molecule has 1 aromatic heterocycles. The third-order valence-electron chi connectivity index (χ3n) is 3.89. The van der Waals surface area contributed by atoms with Crippen LogP contribution in [-0.2, 0) is 0 Å². The van der Waals surface area contributed by atoms with Crippen LogP contribution in [0.15, 0.2) is 91.1 Å². The number of hydrogen-bond acceptors (Lipinski definition) is 2. The molecule has 1 heterocycles. The van der Waals surface area contributed by atoms with E-state index in [1.807, 2.05) is 48.7 Å². The van der Waals surface area contributed by atoms with E-state index in [1.165, 1.54) is 5.39 Å². The topological polar surface area (TPSA) is 24.9 Å². The maximum absolute atomic E-state index is 4.71. The number of anilines is 2. The summed E-state index contributed by atoms with van der Waals surface area (Å²) in [6.07, 6.45) is 1.94. The predicted octanol–water partition coefficient (Wildman–Crippen LogP) is 5.65. The Morgan fingerprint density at radius 1 is 0.652 bits per heavy atom. The van der Waals surface area contributed by atoms with E-state index < -0.39 is 0 Å². The molecule has 110 valence electrons. The highest BCUT2D eigenvalue weighted by Crippen LogP contribution is 2.34. The Kier molecular flexibility index (Phi) is 3.49. The van der Waals surface area contributed by atoms with E-state index in [1.54, 1.807) is 0 Å². The number of nitrogens with zero attached hydrogens (tertiary/aromatic N) is 1. The van der Waals surface area contributed by atoms with Crippen molar-refractivity contribution in [2.75, 3.05) is 5.32 Å². The van der Waals surface area contributed by atoms with Gasteiger partial charge in [0.2, 0.25) is 0 Å². The van der Waals surface area contributed by atoms with Crippen LogP contribution >= 0.6 is 0 Å². The summed E-state index contributed by atoms with van der Waals surface area (Å²) in [6.45, 7) is 0. The Morgan fingerprint density at radius 3 is 2.09 bits per heavy atom. The first-order valence-electron chi connectivity index (χ1n) is 7.67. The first-order chi connectivity index (χ1) is 11.4. The molecule has 0 fully saturated rings. The van der Waals surface area contributed by atoms with Gasteiger partial charge in [-0.1, -0.05) is 72.8 Å². The van der Waals surface area contributed by atoms with E-state index in [9.17, 15) is 0 Å². The maximum Gasteiger partial charge on any atom is 0.0943 e. The van der Waals surface area contributed by atoms with Crippen molar-refractivity contribution < 1.29 is 0 Å². The fraction of sp³-hybridized carbons (Fsp3) is 0. The largest absolute Gasteiger partial charge is 0.353 e. The van der Waals surface area contributed by atoms with E-state index in [2.05, 4.69) is 47.8 Å². The Hall–Kier alpha value is -3.13. The van der Waals surface area contributed by atoms with E-state index in [-0.39, 0.29) is 0 Å². The van der Waals surface area contributed by atoms with Gasteiger partial charge in [-0.15, -0.1) is 0 Å². The molecule has 2 nitrogen and oxygen atoms in total. The molecule has 0 aliphatic heterocycles. The van der Waals surface area contributed by atoms with Gasteiger partial charge in [0.1, 0.15) is 0 Å². The zero-order valence-corrected chi connectivity index (χ0v) is 12.6. The van der Waals surface area contributed by atoms with Gasteiger partial charge in [0, 0.05) is 28.2 Å². The monoisotopic (exact) mass is 296 g/mol. The molecule has 0 aliphatic carbocycles. The average Bonchev–Trinajstić information content (AvgIpc) is 2.64. The number of hydrogen-bond donors (Lipinski definition) is 1. The summed E-state index contributed by atoms with van der Waals surface area (Å²) in [7, 11) is 0. The molecule has 4 rings (SSSR count). The Bertz CT molecular complexity index is 931. The second-order valence-corrected chi connectivity index (χ2v) is 5.43. The smallest absolute Gasteiger partial charge is 0.0943 e. The van der Waals surface area contributed by atoms with Crippen molar-refractivity contribution in [3.63, 3.8) is 0 Å². The Morgan fingerprint density at radius 2 is 1.30 bits per heavy atom. The van der Waals surface area contributed by atoms with Crippen molar-refractivity contribution >= 4 is 22.1 Å². The molecule has 0 unspecified atom stereocenters. The van der Waals surface area contributed by atoms with Crippen LogP contribution in [0.4, 0.5) is 11.4 Å². The molecular formula is C21H16N2. The molecule has 0 radical (unpaired) electrons. The fourth-order valence-electron chi connectivity index (χ4n) is 2.77. The van der Waals surface area contributed by atoms with Crippen LogP contribution in [0.3, 0.4) is 0 Å². The summed E-state index contributed by atoms with van der Waals surface area (Å²) in [6, 6.07) is 28.8. The van der Waals surface area contributed by atoms with E-state index in [4.69, 9.17) is 4.98 Å². The van der Waals surface area contributed by atoms with Gasteiger partial charge in [-0.2, -0.15) is 0 Å². The molecule has 0 bridgehead atoms. The lowest BCUT2D eigenvalue weighted by atomic mass is 10.0. The molecule has 0 saturated carbocycles. The van der Waals surface area contributed by atoms with Crippen LogP contribution in [0.5, 0.6) is 0 Å². The summed E-state index contributed by atoms with van der Waals surface area (Å²) >= 11 is 0. The fourth-order valence-corrected chi connectivity index (χ4v) is 2.77. The first-order valence-corrected chi connectivity index (χ1v) is 7.67. The Labute approximate surface area is 135 Å². The van der Waals surface area contributed by atoms with Gasteiger partial charge in [-0.3, -0.25) is 4.98 Å². The number of para-hydroxylation sites is 1. The number of pyridine rings is 1. The van der Waals surface area contributed by atoms with Crippen molar-refractivity contribution in [1.29, 1.82) is 0 Å². The third-order valence-corrected chi connectivity index (χ3v) is 3.89. The lowest BCUT2D eigenvalue weighted by Gasteiger charge is -2.14. The van der Waals surface area contributed by atoms with Crippen LogP contribution in [0.1, 0.15) is 0 Å². The SMILES string of the molecule is c1ccc(Nc2c(-c3ccccc3)ncc3ccccc23)cc1. The van der Waals surface area contributed by atoms with Gasteiger partial charge >= 0.3 is 0 Å². The number of nitrogens with one attached hydrogen (secondary N) is 1. The van der Waals surface area contributed by atoms with Crippen molar-refractivity contribution in [3.8, 4) is 11.3 Å². The van der Waals surface area contributed by atoms with E-state index in [0.29, 0.717) is 0 Å². The molecule has 0 aliphatic rings. The molecule has 0 saturated heterocycles. The standard InChI is InChI=1S/C21H16N2/c1-3-9-16(10-4-1)20-21(23-18-12-5-2-6-13-18)19-14-8-7-11-17(19)15-22-20/h1-15,23H. The van der Waals surface area contributed by atoms with Gasteiger partial charge < -0.3 is 5.32 Å². The van der Waals surface area contributed by atoms with Crippen molar-refractivity contribution in [2.45, 2.75) is 0 Å². The van der Waals surface area contributed by atoms with Crippen molar-refractivity contribution in [3.05, 3.63) is 91.1 Å². The summed E-state index contributed by atoms with van der Waals surface area (Å²) in [4.78, 5) is 4.71. The molecule has 0 spiro atoms. The van der Waals surface area contributed by atoms with Gasteiger partial charge in [-0.05, 0) is 12.1 Å². The quantitative estimate of drug-likeness (QED) is 0.528. The van der Waals surface area contributed by atoms with Gasteiger partial charge in [0.25, 0.3) is 0 Å². The minimum Gasteiger partial charge on any atom is -0.353 e. The number of rotatable bonds is 3. The molecule has 0 amide bonds. The highest BCUT2D eigenvalue weighted by atomic mass is 14.9. The summed E-state index contributed by atoms with van der Waals surface area (Å²) in [5.74, 6) is 0. The van der Waals surface area contributed by atoms with Crippen LogP contribution in [0.2, 0.25) is 0 Å². The molecule has 3 aromatic carbocycles. The van der Waals surface area contributed by atoms with E-state index in [0.717, 1.165) is 28.0 Å². The second-order valence-electron chi connectivity index (χ2n) is 5.43. The average molecular weight is 296 g/mol. The van der Waals surface area contributed by atoms with Crippen molar-refractivity contribution in [1.82, 2.24) is 4.98 Å².